The van der Waals surface area contributed by atoms with Crippen molar-refractivity contribution in [1.82, 2.24) is 45.8 Å². The monoisotopic (exact) mass is 807 g/mol. The van der Waals surface area contributed by atoms with Gasteiger partial charge in [-0.3, -0.25) is 9.69 Å². The number of alkyl carbamates (subject to hydrolysis) is 2. The molecule has 15 heteroatoms. The summed E-state index contributed by atoms with van der Waals surface area (Å²) in [6.07, 6.45) is 17.4. The van der Waals surface area contributed by atoms with Crippen LogP contribution in [0, 0.1) is 5.92 Å². The Morgan fingerprint density at radius 2 is 1.56 bits per heavy atom. The third-order valence-corrected chi connectivity index (χ3v) is 11.3. The number of likely N-dealkylation sites (tertiary alicyclic amines) is 1. The molecule has 3 amide bonds. The number of fused-ring (bicyclic) bond motifs is 2. The van der Waals surface area contributed by atoms with Crippen LogP contribution in [0.2, 0.25) is 0 Å². The second-order valence-corrected chi connectivity index (χ2v) is 15.4. The van der Waals surface area contributed by atoms with Crippen molar-refractivity contribution >= 4 is 46.3 Å². The first kappa shape index (κ1) is 42.8. The Labute approximate surface area is 344 Å². The van der Waals surface area contributed by atoms with Crippen molar-refractivity contribution in [2.24, 2.45) is 5.92 Å². The summed E-state index contributed by atoms with van der Waals surface area (Å²) in [5, 5.41) is 9.94. The molecular weight excluding hydrogens is 751 g/mol. The molecule has 3 fully saturated rings. The number of benzene rings is 2. The molecule has 1 saturated heterocycles. The van der Waals surface area contributed by atoms with E-state index in [0.717, 1.165) is 114 Å². The highest BCUT2D eigenvalue weighted by molar-refractivity contribution is 5.91. The Hall–Kier alpha value is -5.83. The molecule has 0 bridgehead atoms. The van der Waals surface area contributed by atoms with Crippen LogP contribution in [0.5, 0.6) is 0 Å². The maximum absolute atomic E-state index is 11.7. The Kier molecular flexibility index (Phi) is 15.4. The number of nitrogens with zero attached hydrogens (tertiary/aromatic N) is 4. The van der Waals surface area contributed by atoms with Crippen molar-refractivity contribution in [2.45, 2.75) is 89.1 Å². The molecule has 1 aliphatic heterocycles. The van der Waals surface area contributed by atoms with Gasteiger partial charge in [0.05, 0.1) is 50.3 Å². The summed E-state index contributed by atoms with van der Waals surface area (Å²) in [6, 6.07) is 15.0. The van der Waals surface area contributed by atoms with Gasteiger partial charge in [-0.25, -0.2) is 24.5 Å². The van der Waals surface area contributed by atoms with Crippen molar-refractivity contribution in [2.75, 3.05) is 40.9 Å². The Balaban J connectivity index is 0.000000304. The fraction of sp³-hybridized carbons (Fsp3) is 0.477. The number of imidazole rings is 2. The van der Waals surface area contributed by atoms with Crippen LogP contribution in [0.25, 0.3) is 44.3 Å². The molecule has 2 aromatic carbocycles. The zero-order valence-electron chi connectivity index (χ0n) is 34.4. The lowest BCUT2D eigenvalue weighted by atomic mass is 9.80. The first-order chi connectivity index (χ1) is 28.7. The predicted octanol–water partition coefficient (Wildman–Crippen LogP) is 7.00. The number of nitrogens with one attached hydrogen (secondary N) is 5. The number of carbonyl (C=O) groups is 4. The number of pyridine rings is 1. The van der Waals surface area contributed by atoms with Gasteiger partial charge in [-0.15, -0.1) is 0 Å². The number of H-pyrrole nitrogens is 2. The molecule has 5 N–H and O–H groups in total. The van der Waals surface area contributed by atoms with Crippen molar-refractivity contribution in [3.8, 4) is 22.4 Å². The first-order valence-electron chi connectivity index (χ1n) is 20.8. The third kappa shape index (κ3) is 11.9. The molecule has 8 rings (SSSR count). The molecule has 15 nitrogen and oxygen atoms in total. The lowest BCUT2D eigenvalue weighted by Gasteiger charge is -2.30. The number of aldehydes is 1. The highest BCUT2D eigenvalue weighted by atomic mass is 16.5. The SMILES string of the molecule is C1CCC1.COC(=O)NC(C=O)C1CCC1.COC(=O)NCC(=O)NCCCCc1ncc(-c2ccc3cc(-c4cnc5nc(C6CCCN6C)[nH]c5c4)ccc3c2)[nH]1. The average Bonchev–Trinajstić information content (AvgIpc) is 3.97. The van der Waals surface area contributed by atoms with Crippen LogP contribution in [0.15, 0.2) is 54.9 Å². The van der Waals surface area contributed by atoms with E-state index in [4.69, 9.17) is 4.98 Å². The van der Waals surface area contributed by atoms with Crippen LogP contribution in [0.3, 0.4) is 0 Å². The van der Waals surface area contributed by atoms with Gasteiger partial charge in [0, 0.05) is 30.3 Å². The van der Waals surface area contributed by atoms with Crippen molar-refractivity contribution in [3.05, 3.63) is 66.5 Å². The number of aryl methyl sites for hydroxylation is 1. The molecule has 59 heavy (non-hydrogen) atoms. The van der Waals surface area contributed by atoms with Crippen LogP contribution >= 0.6 is 0 Å². The lowest BCUT2D eigenvalue weighted by Crippen LogP contribution is -2.43. The predicted molar refractivity (Wildman–Crippen MR) is 227 cm³/mol. The van der Waals surface area contributed by atoms with E-state index in [1.54, 1.807) is 0 Å². The smallest absolute Gasteiger partial charge is 0.407 e. The summed E-state index contributed by atoms with van der Waals surface area (Å²) < 4.78 is 8.84. The number of aromatic nitrogens is 5. The molecule has 314 valence electrons. The van der Waals surface area contributed by atoms with Gasteiger partial charge in [0.1, 0.15) is 17.9 Å². The van der Waals surface area contributed by atoms with Crippen molar-refractivity contribution in [3.63, 3.8) is 0 Å². The highest BCUT2D eigenvalue weighted by Crippen LogP contribution is 2.32. The topological polar surface area (TPSA) is 196 Å². The second-order valence-electron chi connectivity index (χ2n) is 15.4. The van der Waals surface area contributed by atoms with E-state index in [1.165, 1.54) is 46.3 Å². The maximum Gasteiger partial charge on any atom is 0.407 e. The number of hydrogen-bond acceptors (Lipinski definition) is 10. The van der Waals surface area contributed by atoms with E-state index in [9.17, 15) is 19.2 Å². The van der Waals surface area contributed by atoms with Crippen LogP contribution < -0.4 is 16.0 Å². The van der Waals surface area contributed by atoms with Gasteiger partial charge in [-0.05, 0) is 92.6 Å². The van der Waals surface area contributed by atoms with Crippen molar-refractivity contribution < 1.29 is 28.7 Å². The molecule has 5 aromatic rings. The van der Waals surface area contributed by atoms with Gasteiger partial charge in [0.2, 0.25) is 5.91 Å². The molecule has 2 saturated carbocycles. The fourth-order valence-corrected chi connectivity index (χ4v) is 7.16. The molecule has 2 unspecified atom stereocenters. The number of amides is 3. The number of unbranched alkanes of at least 4 members (excludes halogenated alkanes) is 1. The standard InChI is InChI=1S/C32H36N8O3.C8H13NO3.C4H8/c1-40-13-5-6-27(40)31-38-25-16-24(17-35-30(25)39-31)22-9-8-21-15-23(11-10-20(21)14-22)26-18-34-28(37-26)7-3-4-12-33-29(41)19-36-32(42)43-2;1-12-8(11)9-7(5-10)6-3-2-4-6;1-2-4-3-1/h8-11,14-18,27H,3-7,12-13,19H2,1-2H3,(H,33,41)(H,34,37)(H,36,42)(H,35,38,39);5-7H,2-4H2,1H3,(H,9,11);1-4H2. The molecule has 0 radical (unpaired) electrons. The molecule has 3 aliphatic rings. The van der Waals surface area contributed by atoms with Crippen LogP contribution in [-0.4, -0.2) is 101 Å². The largest absolute Gasteiger partial charge is 0.453 e. The minimum atomic E-state index is -0.623. The van der Waals surface area contributed by atoms with E-state index in [1.807, 2.05) is 12.4 Å². The summed E-state index contributed by atoms with van der Waals surface area (Å²) >= 11 is 0. The summed E-state index contributed by atoms with van der Waals surface area (Å²) in [5.74, 6) is 1.99. The van der Waals surface area contributed by atoms with Gasteiger partial charge < -0.3 is 40.2 Å². The molecule has 2 aliphatic carbocycles. The number of aromatic amines is 2. The van der Waals surface area contributed by atoms with Crippen LogP contribution in [-0.2, 0) is 25.5 Å². The molecule has 4 heterocycles. The minimum Gasteiger partial charge on any atom is -0.453 e. The van der Waals surface area contributed by atoms with Gasteiger partial charge in [0.25, 0.3) is 0 Å². The third-order valence-electron chi connectivity index (χ3n) is 11.3. The van der Waals surface area contributed by atoms with E-state index < -0.39 is 12.2 Å². The minimum absolute atomic E-state index is 0.0985. The van der Waals surface area contributed by atoms with E-state index in [0.29, 0.717) is 18.5 Å². The first-order valence-corrected chi connectivity index (χ1v) is 20.8. The van der Waals surface area contributed by atoms with Gasteiger partial charge in [0.15, 0.2) is 5.65 Å². The number of carbonyl (C=O) groups excluding carboxylic acids is 4. The summed E-state index contributed by atoms with van der Waals surface area (Å²) in [6.45, 7) is 1.54. The maximum atomic E-state index is 11.7. The number of rotatable bonds is 13. The molecule has 0 spiro atoms. The highest BCUT2D eigenvalue weighted by Gasteiger charge is 2.28. The van der Waals surface area contributed by atoms with E-state index in [-0.39, 0.29) is 18.5 Å². The quantitative estimate of drug-likeness (QED) is 0.0610. The van der Waals surface area contributed by atoms with E-state index >= 15 is 0 Å². The normalized spacial score (nSPS) is 16.6. The number of hydrogen-bond donors (Lipinski definition) is 5. The summed E-state index contributed by atoms with van der Waals surface area (Å²) in [7, 11) is 4.70. The van der Waals surface area contributed by atoms with Crippen molar-refractivity contribution in [1.29, 1.82) is 0 Å². The van der Waals surface area contributed by atoms with Gasteiger partial charge in [-0.2, -0.15) is 0 Å². The number of ether oxygens (including phenoxy) is 2. The number of methoxy groups -OCH3 is 2. The zero-order valence-corrected chi connectivity index (χ0v) is 34.4. The Morgan fingerprint density at radius 3 is 2.20 bits per heavy atom. The summed E-state index contributed by atoms with van der Waals surface area (Å²) in [5.41, 5.74) is 5.96. The van der Waals surface area contributed by atoms with Gasteiger partial charge >= 0.3 is 12.2 Å². The van der Waals surface area contributed by atoms with Crippen LogP contribution in [0.1, 0.15) is 88.3 Å². The fourth-order valence-electron chi connectivity index (χ4n) is 7.16. The average molecular weight is 808 g/mol. The van der Waals surface area contributed by atoms with E-state index in [2.05, 4.69) is 99.8 Å². The zero-order chi connectivity index (χ0) is 41.6. The molecule has 3 aromatic heterocycles. The molecular formula is C44H57N9O6. The second kappa shape index (κ2) is 21.3. The van der Waals surface area contributed by atoms with Gasteiger partial charge in [-0.1, -0.05) is 56.4 Å². The Bertz CT molecular complexity index is 2170. The Morgan fingerprint density at radius 1 is 0.831 bits per heavy atom. The molecule has 2 atom stereocenters. The van der Waals surface area contributed by atoms with Crippen LogP contribution in [0.4, 0.5) is 9.59 Å². The summed E-state index contributed by atoms with van der Waals surface area (Å²) in [4.78, 5) is 67.3. The lowest BCUT2D eigenvalue weighted by molar-refractivity contribution is -0.120.